The summed E-state index contributed by atoms with van der Waals surface area (Å²) in [6.45, 7) is 0.941. The molecule has 0 saturated heterocycles. The van der Waals surface area contributed by atoms with Crippen LogP contribution in [0.25, 0.3) is 0 Å². The first kappa shape index (κ1) is 11.8. The van der Waals surface area contributed by atoms with Crippen LogP contribution in [0.5, 0.6) is 0 Å². The van der Waals surface area contributed by atoms with Crippen molar-refractivity contribution >= 4 is 17.2 Å². The van der Waals surface area contributed by atoms with E-state index in [9.17, 15) is 0 Å². The van der Waals surface area contributed by atoms with Gasteiger partial charge in [-0.1, -0.05) is 36.4 Å². The molecule has 0 aromatic heterocycles. The van der Waals surface area contributed by atoms with Crippen LogP contribution in [0.3, 0.4) is 0 Å². The lowest BCUT2D eigenvalue weighted by Gasteiger charge is -2.18. The largest absolute Gasteiger partial charge is 0.331 e. The van der Waals surface area contributed by atoms with Crippen LogP contribution in [0.1, 0.15) is 6.42 Å². The van der Waals surface area contributed by atoms with E-state index in [-0.39, 0.29) is 0 Å². The maximum absolute atomic E-state index is 4.71. The van der Waals surface area contributed by atoms with E-state index in [0.717, 1.165) is 24.5 Å². The summed E-state index contributed by atoms with van der Waals surface area (Å²) in [5, 5.41) is 6.77. The van der Waals surface area contributed by atoms with E-state index in [1.54, 1.807) is 0 Å². The van der Waals surface area contributed by atoms with Crippen molar-refractivity contribution in [3.05, 3.63) is 60.7 Å². The molecule has 3 nitrogen and oxygen atoms in total. The van der Waals surface area contributed by atoms with Crippen molar-refractivity contribution in [1.29, 1.82) is 0 Å². The molecule has 1 aliphatic heterocycles. The van der Waals surface area contributed by atoms with Gasteiger partial charge in [0.05, 0.1) is 5.69 Å². The lowest BCUT2D eigenvalue weighted by atomic mass is 10.2. The summed E-state index contributed by atoms with van der Waals surface area (Å²) >= 11 is 0. The van der Waals surface area contributed by atoms with Crippen molar-refractivity contribution in [1.82, 2.24) is 0 Å². The summed E-state index contributed by atoms with van der Waals surface area (Å²) in [4.78, 5) is 2.16. The minimum atomic E-state index is 0.941. The molecule has 0 radical (unpaired) electrons. The van der Waals surface area contributed by atoms with Gasteiger partial charge in [0, 0.05) is 25.7 Å². The molecule has 0 aliphatic carbocycles. The minimum Gasteiger partial charge on any atom is -0.331 e. The van der Waals surface area contributed by atoms with Gasteiger partial charge in [0.25, 0.3) is 0 Å². The first-order valence-electron chi connectivity index (χ1n) is 6.53. The molecule has 0 spiro atoms. The summed E-state index contributed by atoms with van der Waals surface area (Å²) < 4.78 is 0. The maximum Gasteiger partial charge on any atom is 0.131 e. The van der Waals surface area contributed by atoms with E-state index in [2.05, 4.69) is 53.4 Å². The highest BCUT2D eigenvalue weighted by Crippen LogP contribution is 2.21. The Hall–Kier alpha value is -2.29. The van der Waals surface area contributed by atoms with Gasteiger partial charge in [-0.15, -0.1) is 0 Å². The van der Waals surface area contributed by atoms with Crippen molar-refractivity contribution in [2.24, 2.45) is 5.10 Å². The van der Waals surface area contributed by atoms with E-state index < -0.39 is 0 Å². The molecule has 19 heavy (non-hydrogen) atoms. The van der Waals surface area contributed by atoms with Gasteiger partial charge in [0.15, 0.2) is 0 Å². The monoisotopic (exact) mass is 251 g/mol. The van der Waals surface area contributed by atoms with Gasteiger partial charge in [-0.3, -0.25) is 5.01 Å². The predicted molar refractivity (Wildman–Crippen MR) is 80.7 cm³/mol. The molecule has 0 bridgehead atoms. The molecular formula is C16H17N3. The normalized spacial score (nSPS) is 14.4. The number of para-hydroxylation sites is 2. The number of rotatable bonds is 2. The van der Waals surface area contributed by atoms with E-state index in [1.807, 2.05) is 24.3 Å². The third-order valence-electron chi connectivity index (χ3n) is 3.37. The fourth-order valence-electron chi connectivity index (χ4n) is 2.27. The number of hydrogen-bond acceptors (Lipinski definition) is 3. The molecule has 0 atom stereocenters. The summed E-state index contributed by atoms with van der Waals surface area (Å²) in [6, 6.07) is 20.6. The molecule has 1 aliphatic rings. The van der Waals surface area contributed by atoms with Crippen molar-refractivity contribution < 1.29 is 0 Å². The summed E-state index contributed by atoms with van der Waals surface area (Å²) in [5.74, 6) is 1.11. The number of hydrazone groups is 1. The second-order valence-corrected chi connectivity index (χ2v) is 4.62. The second-order valence-electron chi connectivity index (χ2n) is 4.62. The van der Waals surface area contributed by atoms with Gasteiger partial charge in [0.2, 0.25) is 0 Å². The molecule has 2 aromatic rings. The minimum absolute atomic E-state index is 0.941. The van der Waals surface area contributed by atoms with Crippen molar-refractivity contribution in [3.8, 4) is 0 Å². The SMILES string of the molecule is CN(C1=NN(c2ccccc2)CC1)c1ccccc1. The van der Waals surface area contributed by atoms with Crippen LogP contribution >= 0.6 is 0 Å². The molecule has 0 fully saturated rings. The average Bonchev–Trinajstić information content (AvgIpc) is 2.98. The fourth-order valence-corrected chi connectivity index (χ4v) is 2.27. The number of nitrogens with zero attached hydrogens (tertiary/aromatic N) is 3. The van der Waals surface area contributed by atoms with Crippen LogP contribution < -0.4 is 9.91 Å². The van der Waals surface area contributed by atoms with Gasteiger partial charge in [-0.25, -0.2) is 0 Å². The third-order valence-corrected chi connectivity index (χ3v) is 3.37. The smallest absolute Gasteiger partial charge is 0.131 e. The Morgan fingerprint density at radius 3 is 2.26 bits per heavy atom. The fraction of sp³-hybridized carbons (Fsp3) is 0.188. The Kier molecular flexibility index (Phi) is 3.19. The van der Waals surface area contributed by atoms with Crippen LogP contribution in [0, 0.1) is 0 Å². The first-order chi connectivity index (χ1) is 9.34. The van der Waals surface area contributed by atoms with E-state index in [0.29, 0.717) is 0 Å². The van der Waals surface area contributed by atoms with Gasteiger partial charge >= 0.3 is 0 Å². The molecule has 3 heteroatoms. The second kappa shape index (κ2) is 5.14. The lowest BCUT2D eigenvalue weighted by molar-refractivity contribution is 0.922. The molecule has 3 rings (SSSR count). The molecule has 0 amide bonds. The Labute approximate surface area is 113 Å². The van der Waals surface area contributed by atoms with Gasteiger partial charge in [0.1, 0.15) is 5.84 Å². The van der Waals surface area contributed by atoms with Crippen molar-refractivity contribution in [3.63, 3.8) is 0 Å². The Bertz CT molecular complexity index is 563. The van der Waals surface area contributed by atoms with Crippen molar-refractivity contribution in [2.75, 3.05) is 23.5 Å². The van der Waals surface area contributed by atoms with E-state index >= 15 is 0 Å². The van der Waals surface area contributed by atoms with Crippen LogP contribution in [-0.4, -0.2) is 19.4 Å². The molecule has 96 valence electrons. The summed E-state index contributed by atoms with van der Waals surface area (Å²) in [6.07, 6.45) is 0.973. The van der Waals surface area contributed by atoms with Gasteiger partial charge in [-0.2, -0.15) is 5.10 Å². The highest BCUT2D eigenvalue weighted by molar-refractivity contribution is 5.99. The van der Waals surface area contributed by atoms with Gasteiger partial charge < -0.3 is 4.90 Å². The van der Waals surface area contributed by atoms with Crippen molar-refractivity contribution in [2.45, 2.75) is 6.42 Å². The number of anilines is 2. The molecule has 0 saturated carbocycles. The molecule has 1 heterocycles. The molecule has 2 aromatic carbocycles. The summed E-state index contributed by atoms with van der Waals surface area (Å²) in [5.41, 5.74) is 2.33. The lowest BCUT2D eigenvalue weighted by Crippen LogP contribution is -2.24. The first-order valence-corrected chi connectivity index (χ1v) is 6.53. The predicted octanol–water partition coefficient (Wildman–Crippen LogP) is 3.35. The Morgan fingerprint density at radius 2 is 1.58 bits per heavy atom. The maximum atomic E-state index is 4.71. The topological polar surface area (TPSA) is 18.8 Å². The van der Waals surface area contributed by atoms with E-state index in [1.165, 1.54) is 5.69 Å². The Morgan fingerprint density at radius 1 is 0.947 bits per heavy atom. The van der Waals surface area contributed by atoms with Crippen LogP contribution in [0.15, 0.2) is 65.8 Å². The summed E-state index contributed by atoms with van der Waals surface area (Å²) in [7, 11) is 2.07. The zero-order valence-corrected chi connectivity index (χ0v) is 11.0. The molecule has 0 unspecified atom stereocenters. The zero-order valence-electron chi connectivity index (χ0n) is 11.0. The average molecular weight is 251 g/mol. The number of amidine groups is 1. The number of benzene rings is 2. The van der Waals surface area contributed by atoms with Crippen LogP contribution in [0.4, 0.5) is 11.4 Å². The Balaban J connectivity index is 1.80. The standard InChI is InChI=1S/C16H17N3/c1-18(14-8-4-2-5-9-14)16-12-13-19(17-16)15-10-6-3-7-11-15/h2-11H,12-13H2,1H3. The highest BCUT2D eigenvalue weighted by Gasteiger charge is 2.19. The molecular weight excluding hydrogens is 234 g/mol. The molecule has 0 N–H and O–H groups in total. The van der Waals surface area contributed by atoms with Gasteiger partial charge in [-0.05, 0) is 24.3 Å². The number of hydrogen-bond donors (Lipinski definition) is 0. The highest BCUT2D eigenvalue weighted by atomic mass is 15.5. The third kappa shape index (κ3) is 2.45. The zero-order chi connectivity index (χ0) is 13.1. The van der Waals surface area contributed by atoms with E-state index in [4.69, 9.17) is 5.10 Å². The quantitative estimate of drug-likeness (QED) is 0.815. The van der Waals surface area contributed by atoms with Crippen LogP contribution in [-0.2, 0) is 0 Å². The van der Waals surface area contributed by atoms with Crippen LogP contribution in [0.2, 0.25) is 0 Å².